The van der Waals surface area contributed by atoms with E-state index in [-0.39, 0.29) is 5.82 Å². The van der Waals surface area contributed by atoms with Gasteiger partial charge in [0.2, 0.25) is 0 Å². The van der Waals surface area contributed by atoms with Gasteiger partial charge >= 0.3 is 0 Å². The number of rotatable bonds is 3. The molecule has 0 unspecified atom stereocenters. The SMILES string of the molecule is Fc1ccc(Br)cc1CNc1cccnn1. The third-order valence-corrected chi connectivity index (χ3v) is 2.53. The molecule has 5 heteroatoms. The van der Waals surface area contributed by atoms with Crippen LogP contribution in [0.15, 0.2) is 41.0 Å². The molecule has 0 saturated carbocycles. The average molecular weight is 282 g/mol. The molecule has 0 spiro atoms. The first-order valence-electron chi connectivity index (χ1n) is 4.71. The maximum atomic E-state index is 13.4. The zero-order chi connectivity index (χ0) is 11.4. The van der Waals surface area contributed by atoms with Crippen molar-refractivity contribution in [3.05, 3.63) is 52.4 Å². The van der Waals surface area contributed by atoms with E-state index >= 15 is 0 Å². The van der Waals surface area contributed by atoms with Crippen molar-refractivity contribution < 1.29 is 4.39 Å². The summed E-state index contributed by atoms with van der Waals surface area (Å²) in [4.78, 5) is 0. The molecular formula is C11H9BrFN3. The maximum Gasteiger partial charge on any atom is 0.148 e. The summed E-state index contributed by atoms with van der Waals surface area (Å²) < 4.78 is 14.2. The molecule has 2 aromatic rings. The molecular weight excluding hydrogens is 273 g/mol. The van der Waals surface area contributed by atoms with Gasteiger partial charge in [0.1, 0.15) is 11.6 Å². The second kappa shape index (κ2) is 5.03. The number of hydrogen-bond acceptors (Lipinski definition) is 3. The topological polar surface area (TPSA) is 37.8 Å². The molecule has 0 aliphatic carbocycles. The highest BCUT2D eigenvalue weighted by Crippen LogP contribution is 2.16. The molecule has 2 rings (SSSR count). The summed E-state index contributed by atoms with van der Waals surface area (Å²) in [5.41, 5.74) is 0.583. The van der Waals surface area contributed by atoms with E-state index in [0.717, 1.165) is 4.47 Å². The largest absolute Gasteiger partial charge is 0.364 e. The minimum absolute atomic E-state index is 0.236. The van der Waals surface area contributed by atoms with Crippen LogP contribution in [0.1, 0.15) is 5.56 Å². The molecule has 0 aliphatic heterocycles. The van der Waals surface area contributed by atoms with E-state index in [0.29, 0.717) is 17.9 Å². The Bertz CT molecular complexity index is 476. The van der Waals surface area contributed by atoms with Crippen LogP contribution in [0.4, 0.5) is 10.2 Å². The lowest BCUT2D eigenvalue weighted by Gasteiger charge is -2.06. The third kappa shape index (κ3) is 2.76. The number of nitrogens with zero attached hydrogens (tertiary/aromatic N) is 2. The van der Waals surface area contributed by atoms with E-state index in [1.807, 2.05) is 0 Å². The summed E-state index contributed by atoms with van der Waals surface area (Å²) in [5, 5.41) is 10.6. The van der Waals surface area contributed by atoms with Crippen LogP contribution in [0.2, 0.25) is 0 Å². The zero-order valence-corrected chi connectivity index (χ0v) is 9.91. The fourth-order valence-corrected chi connectivity index (χ4v) is 1.67. The molecule has 0 atom stereocenters. The summed E-state index contributed by atoms with van der Waals surface area (Å²) in [7, 11) is 0. The van der Waals surface area contributed by atoms with Crippen LogP contribution in [0, 0.1) is 5.82 Å². The van der Waals surface area contributed by atoms with Crippen molar-refractivity contribution in [3.63, 3.8) is 0 Å². The average Bonchev–Trinajstić information content (AvgIpc) is 2.32. The number of nitrogens with one attached hydrogen (secondary N) is 1. The van der Waals surface area contributed by atoms with Crippen molar-refractivity contribution in [2.24, 2.45) is 0 Å². The van der Waals surface area contributed by atoms with Crippen molar-refractivity contribution in [2.75, 3.05) is 5.32 Å². The lowest BCUT2D eigenvalue weighted by atomic mass is 10.2. The molecule has 0 fully saturated rings. The zero-order valence-electron chi connectivity index (χ0n) is 8.32. The molecule has 0 bridgehead atoms. The van der Waals surface area contributed by atoms with Crippen molar-refractivity contribution >= 4 is 21.7 Å². The first-order valence-corrected chi connectivity index (χ1v) is 5.50. The molecule has 16 heavy (non-hydrogen) atoms. The predicted octanol–water partition coefficient (Wildman–Crippen LogP) is 2.99. The molecule has 0 radical (unpaired) electrons. The van der Waals surface area contributed by atoms with Gasteiger partial charge in [-0.05, 0) is 30.3 Å². The van der Waals surface area contributed by atoms with Crippen LogP contribution < -0.4 is 5.32 Å². The Morgan fingerprint density at radius 3 is 2.94 bits per heavy atom. The van der Waals surface area contributed by atoms with Crippen LogP contribution in [-0.4, -0.2) is 10.2 Å². The van der Waals surface area contributed by atoms with Gasteiger partial charge in [0, 0.05) is 22.8 Å². The quantitative estimate of drug-likeness (QED) is 0.940. The molecule has 0 aliphatic rings. The van der Waals surface area contributed by atoms with Gasteiger partial charge in [0.05, 0.1) is 0 Å². The Morgan fingerprint density at radius 1 is 1.31 bits per heavy atom. The van der Waals surface area contributed by atoms with Crippen molar-refractivity contribution in [2.45, 2.75) is 6.54 Å². The van der Waals surface area contributed by atoms with E-state index < -0.39 is 0 Å². The number of benzene rings is 1. The Hall–Kier alpha value is -1.49. The summed E-state index contributed by atoms with van der Waals surface area (Å²) in [6.07, 6.45) is 1.59. The van der Waals surface area contributed by atoms with Gasteiger partial charge in [-0.2, -0.15) is 5.10 Å². The summed E-state index contributed by atoms with van der Waals surface area (Å²) in [6.45, 7) is 0.379. The van der Waals surface area contributed by atoms with E-state index in [2.05, 4.69) is 31.4 Å². The van der Waals surface area contributed by atoms with Gasteiger partial charge < -0.3 is 5.32 Å². The summed E-state index contributed by atoms with van der Waals surface area (Å²) in [6, 6.07) is 8.38. The highest BCUT2D eigenvalue weighted by molar-refractivity contribution is 9.10. The fourth-order valence-electron chi connectivity index (χ4n) is 1.26. The second-order valence-electron chi connectivity index (χ2n) is 3.20. The Kier molecular flexibility index (Phi) is 3.46. The predicted molar refractivity (Wildman–Crippen MR) is 63.5 cm³/mol. The van der Waals surface area contributed by atoms with Gasteiger partial charge in [-0.3, -0.25) is 0 Å². The van der Waals surface area contributed by atoms with E-state index in [1.54, 1.807) is 30.5 Å². The smallest absolute Gasteiger partial charge is 0.148 e. The molecule has 1 aromatic carbocycles. The Labute approximate surface area is 101 Å². The van der Waals surface area contributed by atoms with Gasteiger partial charge in [-0.25, -0.2) is 4.39 Å². The van der Waals surface area contributed by atoms with Crippen molar-refractivity contribution in [1.29, 1.82) is 0 Å². The fraction of sp³-hybridized carbons (Fsp3) is 0.0909. The van der Waals surface area contributed by atoms with Crippen LogP contribution in [0.5, 0.6) is 0 Å². The summed E-state index contributed by atoms with van der Waals surface area (Å²) >= 11 is 3.30. The second-order valence-corrected chi connectivity index (χ2v) is 4.11. The van der Waals surface area contributed by atoms with Crippen molar-refractivity contribution in [1.82, 2.24) is 10.2 Å². The van der Waals surface area contributed by atoms with E-state index in [4.69, 9.17) is 0 Å². The number of halogens is 2. The number of aromatic nitrogens is 2. The minimum atomic E-state index is -0.236. The van der Waals surface area contributed by atoms with Gasteiger partial charge in [-0.15, -0.1) is 5.10 Å². The lowest BCUT2D eigenvalue weighted by molar-refractivity contribution is 0.612. The highest BCUT2D eigenvalue weighted by Gasteiger charge is 2.02. The van der Waals surface area contributed by atoms with Crippen molar-refractivity contribution in [3.8, 4) is 0 Å². The molecule has 1 aromatic heterocycles. The summed E-state index contributed by atoms with van der Waals surface area (Å²) in [5.74, 6) is 0.390. The molecule has 3 nitrogen and oxygen atoms in total. The van der Waals surface area contributed by atoms with Gasteiger partial charge in [-0.1, -0.05) is 15.9 Å². The minimum Gasteiger partial charge on any atom is -0.364 e. The lowest BCUT2D eigenvalue weighted by Crippen LogP contribution is -2.03. The first-order chi connectivity index (χ1) is 7.75. The normalized spacial score (nSPS) is 10.1. The van der Waals surface area contributed by atoms with E-state index in [1.165, 1.54) is 6.07 Å². The Morgan fingerprint density at radius 2 is 2.19 bits per heavy atom. The molecule has 0 saturated heterocycles. The third-order valence-electron chi connectivity index (χ3n) is 2.04. The first kappa shape index (κ1) is 11.0. The highest BCUT2D eigenvalue weighted by atomic mass is 79.9. The molecule has 82 valence electrons. The van der Waals surface area contributed by atoms with Gasteiger partial charge in [0.15, 0.2) is 0 Å². The monoisotopic (exact) mass is 281 g/mol. The van der Waals surface area contributed by atoms with E-state index in [9.17, 15) is 4.39 Å². The van der Waals surface area contributed by atoms with Crippen LogP contribution in [0.3, 0.4) is 0 Å². The van der Waals surface area contributed by atoms with Gasteiger partial charge in [0.25, 0.3) is 0 Å². The van der Waals surface area contributed by atoms with Crippen LogP contribution in [0.25, 0.3) is 0 Å². The Balaban J connectivity index is 2.08. The molecule has 1 heterocycles. The van der Waals surface area contributed by atoms with Crippen LogP contribution >= 0.6 is 15.9 Å². The standard InChI is InChI=1S/C11H9BrFN3/c12-9-3-4-10(13)8(6-9)7-14-11-2-1-5-15-16-11/h1-6H,7H2,(H,14,16). The maximum absolute atomic E-state index is 13.4. The number of hydrogen-bond donors (Lipinski definition) is 1. The molecule has 1 N–H and O–H groups in total. The van der Waals surface area contributed by atoms with Crippen LogP contribution in [-0.2, 0) is 6.54 Å². The molecule has 0 amide bonds. The number of anilines is 1.